The largest absolute Gasteiger partial charge is 0.490 e. The molecule has 1 rings (SSSR count). The van der Waals surface area contributed by atoms with Crippen molar-refractivity contribution in [3.05, 3.63) is 41.7 Å². The van der Waals surface area contributed by atoms with Crippen LogP contribution in [0.5, 0.6) is 0 Å². The molecule has 0 aromatic heterocycles. The number of carbonyl (C=O) groups excluding carboxylic acids is 1. The average Bonchev–Trinajstić information content (AvgIpc) is 2.34. The summed E-state index contributed by atoms with van der Waals surface area (Å²) in [6.07, 6.45) is 2.46. The smallest absolute Gasteiger partial charge is 0.373 e. The first kappa shape index (κ1) is 12.3. The number of hydrogen-bond acceptors (Lipinski definition) is 3. The van der Waals surface area contributed by atoms with E-state index in [1.54, 1.807) is 6.08 Å². The maximum absolute atomic E-state index is 11.5. The van der Waals surface area contributed by atoms with E-state index < -0.39 is 5.97 Å². The summed E-state index contributed by atoms with van der Waals surface area (Å²) in [5.41, 5.74) is 0.910. The predicted molar refractivity (Wildman–Crippen MR) is 62.7 cm³/mol. The first-order valence-electron chi connectivity index (χ1n) is 5.25. The molecular weight excluding hydrogens is 204 g/mol. The van der Waals surface area contributed by atoms with Crippen LogP contribution in [0.4, 0.5) is 0 Å². The fraction of sp³-hybridized carbons (Fsp3) is 0.308. The van der Waals surface area contributed by atoms with Crippen molar-refractivity contribution in [2.24, 2.45) is 0 Å². The van der Waals surface area contributed by atoms with Crippen LogP contribution < -0.4 is 0 Å². The Labute approximate surface area is 95.7 Å². The molecule has 0 amide bonds. The van der Waals surface area contributed by atoms with Crippen molar-refractivity contribution in [2.45, 2.75) is 13.3 Å². The van der Waals surface area contributed by atoms with E-state index in [4.69, 9.17) is 9.47 Å². The quantitative estimate of drug-likeness (QED) is 0.434. The summed E-state index contributed by atoms with van der Waals surface area (Å²) in [4.78, 5) is 11.5. The predicted octanol–water partition coefficient (Wildman–Crippen LogP) is 2.63. The average molecular weight is 220 g/mol. The van der Waals surface area contributed by atoms with Gasteiger partial charge in [0.2, 0.25) is 5.76 Å². The molecule has 0 saturated carbocycles. The van der Waals surface area contributed by atoms with Crippen molar-refractivity contribution < 1.29 is 14.3 Å². The first-order chi connectivity index (χ1) is 7.77. The van der Waals surface area contributed by atoms with Crippen LogP contribution in [-0.4, -0.2) is 19.7 Å². The van der Waals surface area contributed by atoms with Gasteiger partial charge in [0.05, 0.1) is 13.7 Å². The molecule has 3 heteroatoms. The molecule has 0 atom stereocenters. The minimum absolute atomic E-state index is 0.222. The lowest BCUT2D eigenvalue weighted by Gasteiger charge is -2.06. The molecule has 0 heterocycles. The Morgan fingerprint density at radius 2 is 2.00 bits per heavy atom. The molecule has 1 aromatic carbocycles. The molecule has 0 spiro atoms. The highest BCUT2D eigenvalue weighted by atomic mass is 16.6. The number of ether oxygens (including phenoxy) is 2. The number of hydrogen-bond donors (Lipinski definition) is 0. The lowest BCUT2D eigenvalue weighted by molar-refractivity contribution is -0.142. The second-order valence-corrected chi connectivity index (χ2v) is 3.26. The van der Waals surface area contributed by atoms with Gasteiger partial charge in [0, 0.05) is 0 Å². The molecule has 16 heavy (non-hydrogen) atoms. The zero-order valence-electron chi connectivity index (χ0n) is 9.60. The van der Waals surface area contributed by atoms with Crippen LogP contribution in [0, 0.1) is 0 Å². The van der Waals surface area contributed by atoms with Crippen molar-refractivity contribution in [1.82, 2.24) is 0 Å². The van der Waals surface area contributed by atoms with Gasteiger partial charge in [-0.15, -0.1) is 0 Å². The third kappa shape index (κ3) is 3.77. The number of esters is 1. The van der Waals surface area contributed by atoms with Gasteiger partial charge in [0.25, 0.3) is 0 Å². The zero-order chi connectivity index (χ0) is 11.8. The summed E-state index contributed by atoms with van der Waals surface area (Å²) >= 11 is 0. The standard InChI is InChI=1S/C13H16O3/c1-3-9-16-13(14)12(15-2)10-11-7-5-4-6-8-11/h4-8,10H,3,9H2,1-2H3. The Bertz CT molecular complexity index is 355. The van der Waals surface area contributed by atoms with Crippen molar-refractivity contribution >= 4 is 12.0 Å². The van der Waals surface area contributed by atoms with Crippen LogP contribution in [0.1, 0.15) is 18.9 Å². The van der Waals surface area contributed by atoms with E-state index in [0.29, 0.717) is 6.61 Å². The third-order valence-corrected chi connectivity index (χ3v) is 1.96. The molecule has 0 radical (unpaired) electrons. The minimum Gasteiger partial charge on any atom is -0.490 e. The highest BCUT2D eigenvalue weighted by Crippen LogP contribution is 2.08. The summed E-state index contributed by atoms with van der Waals surface area (Å²) in [5, 5.41) is 0. The molecule has 0 bridgehead atoms. The van der Waals surface area contributed by atoms with Crippen LogP contribution in [-0.2, 0) is 14.3 Å². The van der Waals surface area contributed by atoms with E-state index in [1.165, 1.54) is 7.11 Å². The van der Waals surface area contributed by atoms with Gasteiger partial charge in [0.1, 0.15) is 0 Å². The highest BCUT2D eigenvalue weighted by molar-refractivity contribution is 5.91. The Kier molecular flexibility index (Phi) is 5.12. The van der Waals surface area contributed by atoms with E-state index in [2.05, 4.69) is 0 Å². The molecule has 0 fully saturated rings. The summed E-state index contributed by atoms with van der Waals surface area (Å²) < 4.78 is 9.98. The third-order valence-electron chi connectivity index (χ3n) is 1.96. The van der Waals surface area contributed by atoms with Gasteiger partial charge in [-0.05, 0) is 18.1 Å². The van der Waals surface area contributed by atoms with E-state index in [1.807, 2.05) is 37.3 Å². The van der Waals surface area contributed by atoms with Crippen molar-refractivity contribution in [2.75, 3.05) is 13.7 Å². The first-order valence-corrected chi connectivity index (χ1v) is 5.25. The topological polar surface area (TPSA) is 35.5 Å². The molecule has 1 aromatic rings. The SMILES string of the molecule is CCCOC(=O)C(=Cc1ccccc1)OC. The molecule has 86 valence electrons. The monoisotopic (exact) mass is 220 g/mol. The maximum Gasteiger partial charge on any atom is 0.373 e. The summed E-state index contributed by atoms with van der Waals surface area (Å²) in [6, 6.07) is 9.50. The maximum atomic E-state index is 11.5. The molecule has 0 saturated heterocycles. The summed E-state index contributed by atoms with van der Waals surface area (Å²) in [7, 11) is 1.46. The van der Waals surface area contributed by atoms with E-state index in [-0.39, 0.29) is 5.76 Å². The highest BCUT2D eigenvalue weighted by Gasteiger charge is 2.10. The molecular formula is C13H16O3. The fourth-order valence-corrected chi connectivity index (χ4v) is 1.17. The van der Waals surface area contributed by atoms with Crippen LogP contribution in [0.3, 0.4) is 0 Å². The number of benzene rings is 1. The normalized spacial score (nSPS) is 11.0. The van der Waals surface area contributed by atoms with Crippen LogP contribution >= 0.6 is 0 Å². The lowest BCUT2D eigenvalue weighted by Crippen LogP contribution is -2.09. The Morgan fingerprint density at radius 3 is 2.56 bits per heavy atom. The zero-order valence-corrected chi connectivity index (χ0v) is 9.60. The van der Waals surface area contributed by atoms with Crippen LogP contribution in [0.2, 0.25) is 0 Å². The van der Waals surface area contributed by atoms with Crippen LogP contribution in [0.15, 0.2) is 36.1 Å². The summed E-state index contributed by atoms with van der Waals surface area (Å²) in [6.45, 7) is 2.36. The van der Waals surface area contributed by atoms with Gasteiger partial charge in [-0.2, -0.15) is 0 Å². The molecule has 0 N–H and O–H groups in total. The fourth-order valence-electron chi connectivity index (χ4n) is 1.17. The summed E-state index contributed by atoms with van der Waals surface area (Å²) in [5.74, 6) is -0.201. The van der Waals surface area contributed by atoms with E-state index >= 15 is 0 Å². The molecule has 0 aliphatic rings. The van der Waals surface area contributed by atoms with Gasteiger partial charge >= 0.3 is 5.97 Å². The van der Waals surface area contributed by atoms with Crippen molar-refractivity contribution in [3.8, 4) is 0 Å². The van der Waals surface area contributed by atoms with Gasteiger partial charge in [0.15, 0.2) is 0 Å². The molecule has 0 aliphatic carbocycles. The second kappa shape index (κ2) is 6.67. The Balaban J connectivity index is 2.74. The molecule has 0 aliphatic heterocycles. The van der Waals surface area contributed by atoms with Gasteiger partial charge < -0.3 is 9.47 Å². The van der Waals surface area contributed by atoms with E-state index in [9.17, 15) is 4.79 Å². The molecule has 3 nitrogen and oxygen atoms in total. The Hall–Kier alpha value is -1.77. The number of carbonyl (C=O) groups is 1. The minimum atomic E-state index is -0.423. The lowest BCUT2D eigenvalue weighted by atomic mass is 10.2. The van der Waals surface area contributed by atoms with Crippen LogP contribution in [0.25, 0.3) is 6.08 Å². The van der Waals surface area contributed by atoms with Gasteiger partial charge in [-0.1, -0.05) is 37.3 Å². The molecule has 0 unspecified atom stereocenters. The number of methoxy groups -OCH3 is 1. The number of rotatable bonds is 5. The van der Waals surface area contributed by atoms with Gasteiger partial charge in [-0.3, -0.25) is 0 Å². The van der Waals surface area contributed by atoms with Crippen molar-refractivity contribution in [1.29, 1.82) is 0 Å². The van der Waals surface area contributed by atoms with E-state index in [0.717, 1.165) is 12.0 Å². The van der Waals surface area contributed by atoms with Crippen molar-refractivity contribution in [3.63, 3.8) is 0 Å². The second-order valence-electron chi connectivity index (χ2n) is 3.26. The Morgan fingerprint density at radius 1 is 1.31 bits per heavy atom. The van der Waals surface area contributed by atoms with Gasteiger partial charge in [-0.25, -0.2) is 4.79 Å².